The van der Waals surface area contributed by atoms with E-state index in [1.165, 1.54) is 22.5 Å². The van der Waals surface area contributed by atoms with E-state index in [1.807, 2.05) is 19.9 Å². The summed E-state index contributed by atoms with van der Waals surface area (Å²) in [7, 11) is 1.73. The highest BCUT2D eigenvalue weighted by Crippen LogP contribution is 2.24. The van der Waals surface area contributed by atoms with Crippen LogP contribution >= 0.6 is 11.3 Å². The van der Waals surface area contributed by atoms with Crippen LogP contribution in [0.5, 0.6) is 0 Å². The Bertz CT molecular complexity index is 786. The molecular weight excluding hydrogens is 348 g/mol. The SMILES string of the molecule is CCOC(=O)c1sc(C(C)NC(=NC)NCc2cccc(C)c2)nc1C. The molecule has 0 aliphatic rings. The molecule has 26 heavy (non-hydrogen) atoms. The Morgan fingerprint density at radius 2 is 2.15 bits per heavy atom. The van der Waals surface area contributed by atoms with Crippen molar-refractivity contribution in [3.8, 4) is 0 Å². The van der Waals surface area contributed by atoms with Gasteiger partial charge in [-0.3, -0.25) is 4.99 Å². The number of hydrogen-bond donors (Lipinski definition) is 2. The molecule has 7 heteroatoms. The van der Waals surface area contributed by atoms with Crippen molar-refractivity contribution in [1.82, 2.24) is 15.6 Å². The number of aromatic nitrogens is 1. The number of carbonyl (C=O) groups excluding carboxylic acids is 1. The predicted octanol–water partition coefficient (Wildman–Crippen LogP) is 3.36. The molecule has 1 heterocycles. The zero-order valence-electron chi connectivity index (χ0n) is 15.9. The Balaban J connectivity index is 1.99. The molecule has 0 fully saturated rings. The van der Waals surface area contributed by atoms with Gasteiger partial charge in [0, 0.05) is 13.6 Å². The van der Waals surface area contributed by atoms with Gasteiger partial charge >= 0.3 is 5.97 Å². The molecule has 0 spiro atoms. The van der Waals surface area contributed by atoms with Gasteiger partial charge in [0.05, 0.1) is 18.3 Å². The number of aryl methyl sites for hydroxylation is 2. The van der Waals surface area contributed by atoms with E-state index in [2.05, 4.69) is 45.7 Å². The average molecular weight is 375 g/mol. The minimum atomic E-state index is -0.317. The molecule has 0 aliphatic carbocycles. The van der Waals surface area contributed by atoms with Crippen molar-refractivity contribution < 1.29 is 9.53 Å². The summed E-state index contributed by atoms with van der Waals surface area (Å²) >= 11 is 1.35. The zero-order valence-corrected chi connectivity index (χ0v) is 16.7. The van der Waals surface area contributed by atoms with Gasteiger partial charge in [0.1, 0.15) is 9.88 Å². The van der Waals surface area contributed by atoms with E-state index >= 15 is 0 Å². The third kappa shape index (κ3) is 5.29. The number of thiazole rings is 1. The fourth-order valence-electron chi connectivity index (χ4n) is 2.46. The summed E-state index contributed by atoms with van der Waals surface area (Å²) in [6.07, 6.45) is 0. The highest BCUT2D eigenvalue weighted by Gasteiger charge is 2.20. The molecule has 0 aliphatic heterocycles. The predicted molar refractivity (Wildman–Crippen MR) is 106 cm³/mol. The van der Waals surface area contributed by atoms with Crippen molar-refractivity contribution in [3.63, 3.8) is 0 Å². The maximum absolute atomic E-state index is 12.0. The third-order valence-electron chi connectivity index (χ3n) is 3.76. The quantitative estimate of drug-likeness (QED) is 0.461. The van der Waals surface area contributed by atoms with Crippen LogP contribution < -0.4 is 10.6 Å². The van der Waals surface area contributed by atoms with Crippen molar-refractivity contribution in [2.45, 2.75) is 40.3 Å². The lowest BCUT2D eigenvalue weighted by Gasteiger charge is -2.16. The van der Waals surface area contributed by atoms with Gasteiger partial charge in [-0.25, -0.2) is 9.78 Å². The van der Waals surface area contributed by atoms with Crippen LogP contribution in [0, 0.1) is 13.8 Å². The van der Waals surface area contributed by atoms with Crippen molar-refractivity contribution in [1.29, 1.82) is 0 Å². The first kappa shape index (κ1) is 19.9. The number of esters is 1. The molecule has 0 amide bonds. The number of rotatable bonds is 6. The lowest BCUT2D eigenvalue weighted by atomic mass is 10.1. The molecule has 2 rings (SSSR count). The van der Waals surface area contributed by atoms with E-state index < -0.39 is 0 Å². The molecule has 1 aromatic carbocycles. The van der Waals surface area contributed by atoms with E-state index in [0.717, 1.165) is 5.01 Å². The second-order valence-corrected chi connectivity index (χ2v) is 7.00. The van der Waals surface area contributed by atoms with Gasteiger partial charge in [-0.1, -0.05) is 29.8 Å². The van der Waals surface area contributed by atoms with E-state index in [-0.39, 0.29) is 12.0 Å². The smallest absolute Gasteiger partial charge is 0.350 e. The second-order valence-electron chi connectivity index (χ2n) is 5.97. The van der Waals surface area contributed by atoms with Crippen molar-refractivity contribution in [2.24, 2.45) is 4.99 Å². The van der Waals surface area contributed by atoms with Crippen LogP contribution in [0.3, 0.4) is 0 Å². The first-order chi connectivity index (χ1) is 12.4. The Labute approximate surface area is 158 Å². The molecule has 1 unspecified atom stereocenters. The van der Waals surface area contributed by atoms with Crippen LogP contribution in [0.1, 0.15) is 51.4 Å². The van der Waals surface area contributed by atoms with E-state index in [9.17, 15) is 4.79 Å². The number of nitrogens with zero attached hydrogens (tertiary/aromatic N) is 2. The molecule has 2 N–H and O–H groups in total. The summed E-state index contributed by atoms with van der Waals surface area (Å²) in [5, 5.41) is 7.44. The van der Waals surface area contributed by atoms with E-state index in [1.54, 1.807) is 14.0 Å². The van der Waals surface area contributed by atoms with Gasteiger partial charge < -0.3 is 15.4 Å². The van der Waals surface area contributed by atoms with Crippen LogP contribution in [0.25, 0.3) is 0 Å². The number of benzene rings is 1. The maximum Gasteiger partial charge on any atom is 0.350 e. The summed E-state index contributed by atoms with van der Waals surface area (Å²) in [4.78, 5) is 21.3. The van der Waals surface area contributed by atoms with Gasteiger partial charge in [-0.05, 0) is 33.3 Å². The Hall–Kier alpha value is -2.41. The summed E-state index contributed by atoms with van der Waals surface area (Å²) in [5.41, 5.74) is 3.11. The minimum Gasteiger partial charge on any atom is -0.462 e. The van der Waals surface area contributed by atoms with Crippen LogP contribution in [0.15, 0.2) is 29.3 Å². The maximum atomic E-state index is 12.0. The summed E-state index contributed by atoms with van der Waals surface area (Å²) in [6.45, 7) is 8.72. The Kier molecular flexibility index (Phi) is 7.15. The first-order valence-electron chi connectivity index (χ1n) is 8.61. The van der Waals surface area contributed by atoms with Crippen LogP contribution in [-0.2, 0) is 11.3 Å². The molecule has 0 saturated carbocycles. The number of hydrogen-bond acceptors (Lipinski definition) is 5. The van der Waals surface area contributed by atoms with Crippen molar-refractivity contribution in [3.05, 3.63) is 51.0 Å². The number of nitrogens with one attached hydrogen (secondary N) is 2. The number of guanidine groups is 1. The van der Waals surface area contributed by atoms with Crippen LogP contribution in [0.4, 0.5) is 0 Å². The highest BCUT2D eigenvalue weighted by molar-refractivity contribution is 7.13. The Morgan fingerprint density at radius 3 is 2.81 bits per heavy atom. The van der Waals surface area contributed by atoms with Gasteiger partial charge in [0.15, 0.2) is 5.96 Å². The third-order valence-corrected chi connectivity index (χ3v) is 5.08. The first-order valence-corrected chi connectivity index (χ1v) is 9.43. The number of carbonyl (C=O) groups is 1. The van der Waals surface area contributed by atoms with Gasteiger partial charge in [0.2, 0.25) is 0 Å². The lowest BCUT2D eigenvalue weighted by Crippen LogP contribution is -2.38. The largest absolute Gasteiger partial charge is 0.462 e. The van der Waals surface area contributed by atoms with Gasteiger partial charge in [-0.2, -0.15) is 0 Å². The average Bonchev–Trinajstić information content (AvgIpc) is 3.00. The summed E-state index contributed by atoms with van der Waals surface area (Å²) in [5.74, 6) is 0.368. The number of aliphatic imine (C=N–C) groups is 1. The fraction of sp³-hybridized carbons (Fsp3) is 0.421. The van der Waals surface area contributed by atoms with Crippen LogP contribution in [-0.4, -0.2) is 30.6 Å². The Morgan fingerprint density at radius 1 is 1.38 bits per heavy atom. The topological polar surface area (TPSA) is 75.6 Å². The zero-order chi connectivity index (χ0) is 19.1. The van der Waals surface area contributed by atoms with Gasteiger partial charge in [-0.15, -0.1) is 11.3 Å². The van der Waals surface area contributed by atoms with Crippen molar-refractivity contribution in [2.75, 3.05) is 13.7 Å². The molecule has 0 bridgehead atoms. The van der Waals surface area contributed by atoms with Gasteiger partial charge in [0.25, 0.3) is 0 Å². The highest BCUT2D eigenvalue weighted by atomic mass is 32.1. The molecule has 1 aromatic heterocycles. The fourth-order valence-corrected chi connectivity index (χ4v) is 3.42. The monoisotopic (exact) mass is 374 g/mol. The molecular formula is C19H26N4O2S. The number of ether oxygens (including phenoxy) is 1. The molecule has 0 radical (unpaired) electrons. The van der Waals surface area contributed by atoms with Crippen LogP contribution in [0.2, 0.25) is 0 Å². The van der Waals surface area contributed by atoms with Crippen molar-refractivity contribution >= 4 is 23.3 Å². The summed E-state index contributed by atoms with van der Waals surface area (Å²) in [6, 6.07) is 8.25. The standard InChI is InChI=1S/C19H26N4O2S/c1-6-25-18(24)16-13(3)22-17(26-16)14(4)23-19(20-5)21-11-15-9-7-8-12(2)10-15/h7-10,14H,6,11H2,1-5H3,(H2,20,21,23). The molecule has 2 aromatic rings. The molecule has 140 valence electrons. The molecule has 6 nitrogen and oxygen atoms in total. The van der Waals surface area contributed by atoms with E-state index in [0.29, 0.717) is 29.7 Å². The second kappa shape index (κ2) is 9.33. The molecule has 1 atom stereocenters. The normalized spacial score (nSPS) is 12.6. The molecule has 0 saturated heterocycles. The summed E-state index contributed by atoms with van der Waals surface area (Å²) < 4.78 is 5.08. The van der Waals surface area contributed by atoms with E-state index in [4.69, 9.17) is 4.74 Å². The lowest BCUT2D eigenvalue weighted by molar-refractivity contribution is 0.0531. The minimum absolute atomic E-state index is 0.0782.